The van der Waals surface area contributed by atoms with Crippen molar-refractivity contribution in [1.29, 1.82) is 0 Å². The number of benzene rings is 3. The van der Waals surface area contributed by atoms with Gasteiger partial charge in [0.2, 0.25) is 0 Å². The number of esters is 1. The van der Waals surface area contributed by atoms with E-state index < -0.39 is 0 Å². The first-order valence-electron chi connectivity index (χ1n) is 13.0. The van der Waals surface area contributed by atoms with E-state index in [1.807, 2.05) is 26.0 Å². The lowest BCUT2D eigenvalue weighted by atomic mass is 9.93. The number of carbonyl (C=O) groups excluding carboxylic acids is 1. The number of hydrogen-bond donors (Lipinski definition) is 0. The van der Waals surface area contributed by atoms with Gasteiger partial charge in [-0.05, 0) is 98.3 Å². The topological polar surface area (TPSA) is 57.7 Å². The summed E-state index contributed by atoms with van der Waals surface area (Å²) in [4.78, 5) is 16.6. The predicted octanol–water partition coefficient (Wildman–Crippen LogP) is 7.10. The molecule has 0 atom stereocenters. The molecule has 1 aromatic heterocycles. The fraction of sp³-hybridized carbons (Fsp3) is 0.312. The number of rotatable bonds is 11. The van der Waals surface area contributed by atoms with E-state index in [0.29, 0.717) is 39.3 Å². The molecule has 0 bridgehead atoms. The van der Waals surface area contributed by atoms with Crippen molar-refractivity contribution in [3.05, 3.63) is 83.4 Å². The van der Waals surface area contributed by atoms with E-state index >= 15 is 0 Å². The molecule has 0 aliphatic carbocycles. The smallest absolute Gasteiger partial charge is 0.306 e. The van der Waals surface area contributed by atoms with Crippen molar-refractivity contribution < 1.29 is 19.0 Å². The van der Waals surface area contributed by atoms with Crippen LogP contribution < -0.4 is 4.74 Å². The predicted molar refractivity (Wildman–Crippen MR) is 149 cm³/mol. The van der Waals surface area contributed by atoms with Crippen LogP contribution in [0.5, 0.6) is 5.75 Å². The third-order valence-corrected chi connectivity index (χ3v) is 6.33. The minimum absolute atomic E-state index is 0.162. The van der Waals surface area contributed by atoms with Crippen molar-refractivity contribution in [1.82, 2.24) is 4.98 Å². The van der Waals surface area contributed by atoms with Crippen molar-refractivity contribution in [2.24, 2.45) is 0 Å². The van der Waals surface area contributed by atoms with Crippen molar-refractivity contribution in [3.8, 4) is 28.1 Å². The number of pyridine rings is 1. The van der Waals surface area contributed by atoms with Crippen molar-refractivity contribution in [2.75, 3.05) is 26.4 Å². The molecule has 0 spiro atoms. The van der Waals surface area contributed by atoms with Gasteiger partial charge in [-0.1, -0.05) is 30.3 Å². The molecule has 1 heterocycles. The fourth-order valence-corrected chi connectivity index (χ4v) is 4.63. The highest BCUT2D eigenvalue weighted by Crippen LogP contribution is 2.33. The summed E-state index contributed by atoms with van der Waals surface area (Å²) in [5, 5.41) is 1.06. The molecule has 0 fully saturated rings. The molecule has 0 N–H and O–H groups in total. The van der Waals surface area contributed by atoms with Gasteiger partial charge >= 0.3 is 5.97 Å². The largest absolute Gasteiger partial charge is 0.491 e. The summed E-state index contributed by atoms with van der Waals surface area (Å²) in [6.07, 6.45) is 1.05. The standard InChI is InChI=1S/C32H35NO4/c1-5-35-16-17-37-28-18-22(3)32(23(4)19-28)27-9-7-8-25(21-27)30-14-12-26-20-24(10-13-29(26)33-30)11-15-31(34)36-6-2/h7-10,12-14,18-21H,5-6,11,15-17H2,1-4H3. The Kier molecular flexibility index (Phi) is 8.91. The van der Waals surface area contributed by atoms with Gasteiger partial charge in [0.1, 0.15) is 12.4 Å². The molecule has 0 saturated heterocycles. The Morgan fingerprint density at radius 2 is 1.62 bits per heavy atom. The van der Waals surface area contributed by atoms with Gasteiger partial charge in [0, 0.05) is 24.0 Å². The maximum atomic E-state index is 11.7. The third-order valence-electron chi connectivity index (χ3n) is 6.33. The molecule has 0 aliphatic heterocycles. The number of nitrogens with zero attached hydrogens (tertiary/aromatic N) is 1. The van der Waals surface area contributed by atoms with Crippen molar-refractivity contribution in [2.45, 2.75) is 40.5 Å². The van der Waals surface area contributed by atoms with E-state index in [1.54, 1.807) is 0 Å². The number of fused-ring (bicyclic) bond motifs is 1. The van der Waals surface area contributed by atoms with Crippen LogP contribution >= 0.6 is 0 Å². The van der Waals surface area contributed by atoms with Crippen LogP contribution in [-0.4, -0.2) is 37.4 Å². The molecule has 3 aromatic carbocycles. The molecule has 5 nitrogen and oxygen atoms in total. The molecule has 5 heteroatoms. The highest BCUT2D eigenvalue weighted by atomic mass is 16.5. The summed E-state index contributed by atoms with van der Waals surface area (Å²) in [5.41, 5.74) is 8.75. The summed E-state index contributed by atoms with van der Waals surface area (Å²) in [6.45, 7) is 10.3. The number of carbonyl (C=O) groups is 1. The first-order chi connectivity index (χ1) is 18.0. The normalized spacial score (nSPS) is 11.0. The van der Waals surface area contributed by atoms with Gasteiger partial charge in [0.15, 0.2) is 0 Å². The summed E-state index contributed by atoms with van der Waals surface area (Å²) in [6, 6.07) is 23.0. The number of hydrogen-bond acceptors (Lipinski definition) is 5. The Hall–Kier alpha value is -3.70. The highest BCUT2D eigenvalue weighted by Gasteiger charge is 2.11. The summed E-state index contributed by atoms with van der Waals surface area (Å²) in [7, 11) is 0. The van der Waals surface area contributed by atoms with Crippen LogP contribution in [-0.2, 0) is 20.7 Å². The van der Waals surface area contributed by atoms with Crippen LogP contribution in [0.1, 0.15) is 37.0 Å². The molecule has 0 unspecified atom stereocenters. The quantitative estimate of drug-likeness (QED) is 0.163. The number of aryl methyl sites for hydroxylation is 3. The Morgan fingerprint density at radius 3 is 2.38 bits per heavy atom. The summed E-state index contributed by atoms with van der Waals surface area (Å²) < 4.78 is 16.3. The van der Waals surface area contributed by atoms with Gasteiger partial charge in [0.05, 0.1) is 24.4 Å². The molecular formula is C32H35NO4. The van der Waals surface area contributed by atoms with Crippen LogP contribution in [0.15, 0.2) is 66.7 Å². The molecule has 192 valence electrons. The average Bonchev–Trinajstić information content (AvgIpc) is 2.89. The monoisotopic (exact) mass is 497 g/mol. The zero-order valence-electron chi connectivity index (χ0n) is 22.2. The van der Waals surface area contributed by atoms with Crippen LogP contribution in [0.2, 0.25) is 0 Å². The third kappa shape index (κ3) is 6.75. The molecule has 37 heavy (non-hydrogen) atoms. The number of aromatic nitrogens is 1. The van der Waals surface area contributed by atoms with Gasteiger partial charge in [-0.3, -0.25) is 4.79 Å². The fourth-order valence-electron chi connectivity index (χ4n) is 4.63. The molecule has 0 radical (unpaired) electrons. The van der Waals surface area contributed by atoms with Crippen molar-refractivity contribution >= 4 is 16.9 Å². The SMILES string of the molecule is CCOCCOc1cc(C)c(-c2cccc(-c3ccc4cc(CCC(=O)OCC)ccc4n3)c2)c(C)c1. The van der Waals surface area contributed by atoms with E-state index in [-0.39, 0.29) is 5.97 Å². The van der Waals surface area contributed by atoms with Crippen LogP contribution in [0.3, 0.4) is 0 Å². The zero-order valence-corrected chi connectivity index (χ0v) is 22.2. The van der Waals surface area contributed by atoms with E-state index in [0.717, 1.165) is 39.0 Å². The second-order valence-corrected chi connectivity index (χ2v) is 9.09. The van der Waals surface area contributed by atoms with Gasteiger partial charge in [-0.15, -0.1) is 0 Å². The first-order valence-corrected chi connectivity index (χ1v) is 13.0. The lowest BCUT2D eigenvalue weighted by Crippen LogP contribution is -2.06. The molecule has 0 aliphatic rings. The Labute approximate surface area is 219 Å². The zero-order chi connectivity index (χ0) is 26.2. The first kappa shape index (κ1) is 26.4. The van der Waals surface area contributed by atoms with Crippen LogP contribution in [0.4, 0.5) is 0 Å². The van der Waals surface area contributed by atoms with Gasteiger partial charge < -0.3 is 14.2 Å². The molecule has 4 rings (SSSR count). The summed E-state index contributed by atoms with van der Waals surface area (Å²) in [5.74, 6) is 0.706. The lowest BCUT2D eigenvalue weighted by Gasteiger charge is -2.15. The summed E-state index contributed by atoms with van der Waals surface area (Å²) >= 11 is 0. The van der Waals surface area contributed by atoms with Crippen LogP contribution in [0.25, 0.3) is 33.3 Å². The maximum absolute atomic E-state index is 11.7. The van der Waals surface area contributed by atoms with E-state index in [9.17, 15) is 4.79 Å². The van der Waals surface area contributed by atoms with Gasteiger partial charge in [-0.2, -0.15) is 0 Å². The van der Waals surface area contributed by atoms with Gasteiger partial charge in [0.25, 0.3) is 0 Å². The van der Waals surface area contributed by atoms with Crippen molar-refractivity contribution in [3.63, 3.8) is 0 Å². The molecule has 0 amide bonds. The Balaban J connectivity index is 1.54. The molecule has 4 aromatic rings. The van der Waals surface area contributed by atoms with E-state index in [1.165, 1.54) is 16.7 Å². The lowest BCUT2D eigenvalue weighted by molar-refractivity contribution is -0.143. The minimum Gasteiger partial charge on any atom is -0.491 e. The van der Waals surface area contributed by atoms with E-state index in [4.69, 9.17) is 19.2 Å². The Bertz CT molecular complexity index is 1360. The molecular weight excluding hydrogens is 462 g/mol. The molecule has 0 saturated carbocycles. The maximum Gasteiger partial charge on any atom is 0.306 e. The second kappa shape index (κ2) is 12.5. The highest BCUT2D eigenvalue weighted by molar-refractivity contribution is 5.83. The Morgan fingerprint density at radius 1 is 0.838 bits per heavy atom. The minimum atomic E-state index is -0.162. The average molecular weight is 498 g/mol. The van der Waals surface area contributed by atoms with Crippen LogP contribution in [0, 0.1) is 13.8 Å². The van der Waals surface area contributed by atoms with Gasteiger partial charge in [-0.25, -0.2) is 4.98 Å². The van der Waals surface area contributed by atoms with E-state index in [2.05, 4.69) is 68.4 Å². The number of ether oxygens (including phenoxy) is 3. The second-order valence-electron chi connectivity index (χ2n) is 9.09.